The monoisotopic (exact) mass is 590 g/mol. The van der Waals surface area contributed by atoms with Crippen molar-refractivity contribution in [1.82, 2.24) is 10.0 Å². The first kappa shape index (κ1) is 27.8. The lowest BCUT2D eigenvalue weighted by atomic mass is 9.77. The third-order valence-electron chi connectivity index (χ3n) is 8.82. The van der Waals surface area contributed by atoms with Crippen LogP contribution in [0.2, 0.25) is 0 Å². The number of hydrazone groups is 1. The lowest BCUT2D eigenvalue weighted by Gasteiger charge is -2.30. The molecule has 4 aliphatic rings. The molecule has 2 fully saturated rings. The normalized spacial score (nSPS) is 25.1. The molecule has 222 valence electrons. The van der Waals surface area contributed by atoms with Gasteiger partial charge in [0.15, 0.2) is 12.1 Å². The molecule has 0 spiro atoms. The zero-order chi connectivity index (χ0) is 30.5. The molecular weight excluding hydrogens is 559 g/mol. The number of halogens is 1. The Bertz CT molecular complexity index is 1750. The van der Waals surface area contributed by atoms with E-state index in [-0.39, 0.29) is 30.1 Å². The number of hydrogen-bond acceptors (Lipinski definition) is 7. The Morgan fingerprint density at radius 2 is 1.68 bits per heavy atom. The van der Waals surface area contributed by atoms with Crippen LogP contribution in [0.4, 0.5) is 10.1 Å². The van der Waals surface area contributed by atoms with E-state index in [2.05, 4.69) is 47.6 Å². The highest BCUT2D eigenvalue weighted by molar-refractivity contribution is 6.25. The van der Waals surface area contributed by atoms with E-state index < -0.39 is 29.7 Å². The first-order chi connectivity index (χ1) is 21.3. The van der Waals surface area contributed by atoms with E-state index in [0.717, 1.165) is 58.2 Å². The Hall–Kier alpha value is -4.99. The van der Waals surface area contributed by atoms with E-state index >= 15 is 0 Å². The molecule has 1 aliphatic carbocycles. The summed E-state index contributed by atoms with van der Waals surface area (Å²) in [5, 5.41) is 15.9. The van der Waals surface area contributed by atoms with Gasteiger partial charge in [-0.15, -0.1) is 0 Å². The van der Waals surface area contributed by atoms with Crippen molar-refractivity contribution in [3.63, 3.8) is 0 Å². The summed E-state index contributed by atoms with van der Waals surface area (Å²) in [6, 6.07) is 19.3. The number of benzene rings is 3. The molecule has 3 amide bonds. The topological polar surface area (TPSA) is 98.0 Å². The van der Waals surface area contributed by atoms with Gasteiger partial charge in [0, 0.05) is 5.92 Å². The molecule has 44 heavy (non-hydrogen) atoms. The molecule has 3 aromatic carbocycles. The van der Waals surface area contributed by atoms with Gasteiger partial charge >= 0.3 is 0 Å². The van der Waals surface area contributed by atoms with Gasteiger partial charge in [0.1, 0.15) is 12.4 Å². The number of anilines is 1. The highest BCUT2D eigenvalue weighted by atomic mass is 19.1. The molecule has 0 bridgehead atoms. The van der Waals surface area contributed by atoms with Gasteiger partial charge in [0.2, 0.25) is 0 Å². The van der Waals surface area contributed by atoms with Crippen molar-refractivity contribution in [2.45, 2.75) is 51.2 Å². The lowest BCUT2D eigenvalue weighted by Crippen LogP contribution is -2.45. The second kappa shape index (κ2) is 10.9. The number of nitrogens with zero attached hydrogens (tertiary/aromatic N) is 6. The van der Waals surface area contributed by atoms with Crippen molar-refractivity contribution >= 4 is 35.2 Å². The van der Waals surface area contributed by atoms with Gasteiger partial charge in [-0.2, -0.15) is 10.2 Å². The van der Waals surface area contributed by atoms with E-state index in [4.69, 9.17) is 5.10 Å². The minimum Gasteiger partial charge on any atom is -0.271 e. The lowest BCUT2D eigenvalue weighted by molar-refractivity contribution is -0.136. The summed E-state index contributed by atoms with van der Waals surface area (Å²) >= 11 is 0. The summed E-state index contributed by atoms with van der Waals surface area (Å²) < 4.78 is 13.9. The van der Waals surface area contributed by atoms with Crippen LogP contribution in [0.3, 0.4) is 0 Å². The Morgan fingerprint density at radius 1 is 0.955 bits per heavy atom. The molecule has 3 aromatic rings. The molecule has 10 heteroatoms. The van der Waals surface area contributed by atoms with Gasteiger partial charge < -0.3 is 0 Å². The second-order valence-corrected chi connectivity index (χ2v) is 11.8. The first-order valence-corrected chi connectivity index (χ1v) is 14.8. The van der Waals surface area contributed by atoms with Gasteiger partial charge in [0.05, 0.1) is 17.4 Å². The first-order valence-electron chi connectivity index (χ1n) is 14.8. The van der Waals surface area contributed by atoms with Crippen LogP contribution in [0.25, 0.3) is 6.08 Å². The quantitative estimate of drug-likeness (QED) is 0.364. The highest BCUT2D eigenvalue weighted by Crippen LogP contribution is 2.45. The van der Waals surface area contributed by atoms with Gasteiger partial charge in [0.25, 0.3) is 17.7 Å². The molecule has 1 saturated carbocycles. The van der Waals surface area contributed by atoms with E-state index in [0.29, 0.717) is 0 Å². The van der Waals surface area contributed by atoms with Gasteiger partial charge in [-0.05, 0) is 74.1 Å². The van der Waals surface area contributed by atoms with Crippen molar-refractivity contribution < 1.29 is 18.8 Å². The summed E-state index contributed by atoms with van der Waals surface area (Å²) in [6.45, 7) is 3.79. The van der Waals surface area contributed by atoms with Crippen molar-refractivity contribution in [3.8, 4) is 0 Å². The van der Waals surface area contributed by atoms with Crippen LogP contribution < -0.4 is 4.90 Å². The number of carbonyl (C=O) groups excluding carboxylic acids is 3. The largest absolute Gasteiger partial charge is 0.271 e. The van der Waals surface area contributed by atoms with E-state index in [1.807, 2.05) is 31.2 Å². The standard InChI is InChI=1S/C34H31FN6O3/c1-20-9-13-22(14-10-20)17-24-5-3-8-27-29(24)37-41(31(27)23-15-11-21(2)12-16-23)28(42)19-39-32-30(36-38-39)33(43)40(34(32)44)26-7-4-6-25(35)18-26/h4,6-7,9-18,27,30-32H,3,5,8,19H2,1-2H3/b24-17+/t27-,30-,31+,32+/m0/s1. The van der Waals surface area contributed by atoms with Crippen LogP contribution in [0.15, 0.2) is 93.8 Å². The van der Waals surface area contributed by atoms with Gasteiger partial charge in [-0.25, -0.2) is 14.3 Å². The summed E-state index contributed by atoms with van der Waals surface area (Å²) in [5.74, 6) is -2.10. The molecular formula is C34H31FN6O3. The molecule has 9 nitrogen and oxygen atoms in total. The molecule has 7 rings (SSSR count). The molecule has 4 atom stereocenters. The van der Waals surface area contributed by atoms with Crippen molar-refractivity contribution in [1.29, 1.82) is 0 Å². The Morgan fingerprint density at radius 3 is 2.41 bits per heavy atom. The number of amides is 3. The van der Waals surface area contributed by atoms with Crippen LogP contribution in [0.1, 0.15) is 47.6 Å². The predicted molar refractivity (Wildman–Crippen MR) is 163 cm³/mol. The average Bonchev–Trinajstić information content (AvgIpc) is 3.68. The fourth-order valence-electron chi connectivity index (χ4n) is 6.60. The molecule has 0 radical (unpaired) electrons. The molecule has 3 heterocycles. The number of carbonyl (C=O) groups is 3. The van der Waals surface area contributed by atoms with Crippen molar-refractivity contribution in [2.75, 3.05) is 11.4 Å². The summed E-state index contributed by atoms with van der Waals surface area (Å²) in [4.78, 5) is 41.6. The number of hydrogen-bond donors (Lipinski definition) is 0. The fraction of sp³-hybridized carbons (Fsp3) is 0.294. The molecule has 0 N–H and O–H groups in total. The molecule has 1 saturated heterocycles. The Kier molecular flexibility index (Phi) is 6.91. The Balaban J connectivity index is 1.19. The van der Waals surface area contributed by atoms with E-state index in [1.54, 1.807) is 0 Å². The fourth-order valence-corrected chi connectivity index (χ4v) is 6.60. The minimum absolute atomic E-state index is 0.0122. The number of allylic oxidation sites excluding steroid dienone is 1. The zero-order valence-electron chi connectivity index (χ0n) is 24.4. The van der Waals surface area contributed by atoms with E-state index in [9.17, 15) is 18.8 Å². The maximum Gasteiger partial charge on any atom is 0.264 e. The predicted octanol–water partition coefficient (Wildman–Crippen LogP) is 5.56. The van der Waals surface area contributed by atoms with Crippen LogP contribution in [-0.4, -0.2) is 52.1 Å². The molecule has 0 unspecified atom stereocenters. The van der Waals surface area contributed by atoms with Crippen molar-refractivity contribution in [3.05, 3.63) is 106 Å². The third-order valence-corrected chi connectivity index (χ3v) is 8.82. The highest BCUT2D eigenvalue weighted by Gasteiger charge is 2.55. The summed E-state index contributed by atoms with van der Waals surface area (Å²) in [7, 11) is 0. The summed E-state index contributed by atoms with van der Waals surface area (Å²) in [6.07, 6.45) is 4.88. The van der Waals surface area contributed by atoms with Crippen LogP contribution in [0.5, 0.6) is 0 Å². The van der Waals surface area contributed by atoms with Crippen molar-refractivity contribution in [2.24, 2.45) is 21.4 Å². The number of aryl methyl sites for hydroxylation is 2. The number of fused-ring (bicyclic) bond motifs is 2. The maximum absolute atomic E-state index is 14.1. The minimum atomic E-state index is -1.09. The number of rotatable bonds is 5. The summed E-state index contributed by atoms with van der Waals surface area (Å²) in [5.41, 5.74) is 6.51. The van der Waals surface area contributed by atoms with Gasteiger partial charge in [-0.1, -0.05) is 70.9 Å². The second-order valence-electron chi connectivity index (χ2n) is 11.8. The van der Waals surface area contributed by atoms with Crippen LogP contribution in [-0.2, 0) is 14.4 Å². The molecule has 0 aromatic heterocycles. The van der Waals surface area contributed by atoms with Gasteiger partial charge in [-0.3, -0.25) is 19.4 Å². The Labute approximate surface area is 254 Å². The SMILES string of the molecule is Cc1ccc(/C=C2\CCC[C@H]3C2=NN(C(=O)CN2N=N[C@@H]4C(=O)N(c5cccc(F)c5)C(=O)[C@@H]42)[C@@H]3c2ccc(C)cc2)cc1. The van der Waals surface area contributed by atoms with Crippen LogP contribution in [0, 0.1) is 25.6 Å². The zero-order valence-corrected chi connectivity index (χ0v) is 24.4. The van der Waals surface area contributed by atoms with Crippen LogP contribution >= 0.6 is 0 Å². The average molecular weight is 591 g/mol. The van der Waals surface area contributed by atoms with E-state index in [1.165, 1.54) is 33.8 Å². The molecule has 3 aliphatic heterocycles. The maximum atomic E-state index is 14.1. The smallest absolute Gasteiger partial charge is 0.264 e. The number of imide groups is 1. The third kappa shape index (κ3) is 4.80.